The Labute approximate surface area is 77.2 Å². The zero-order chi connectivity index (χ0) is 9.26. The van der Waals surface area contributed by atoms with Gasteiger partial charge in [-0.1, -0.05) is 6.92 Å². The number of aryl methyl sites for hydroxylation is 2. The second kappa shape index (κ2) is 3.17. The Morgan fingerprint density at radius 1 is 1.46 bits per heavy atom. The van der Waals surface area contributed by atoms with Crippen molar-refractivity contribution in [2.45, 2.75) is 19.8 Å². The smallest absolute Gasteiger partial charge is 0.141 e. The van der Waals surface area contributed by atoms with Gasteiger partial charge in [-0.05, 0) is 25.3 Å². The van der Waals surface area contributed by atoms with Crippen LogP contribution < -0.4 is 0 Å². The molecule has 2 aromatic rings. The van der Waals surface area contributed by atoms with Crippen LogP contribution in [-0.4, -0.2) is 15.0 Å². The molecule has 2 heterocycles. The van der Waals surface area contributed by atoms with Gasteiger partial charge in [0, 0.05) is 11.6 Å². The Morgan fingerprint density at radius 2 is 2.31 bits per heavy atom. The molecule has 3 nitrogen and oxygen atoms in total. The standard InChI is InChI=1S/C10H12N3/c1-3-4-8-9-7(2)5-11-10(9)13-6-12-8/h5-6H,1,3-4H2,2H3,(H,11,12,13). The average molecular weight is 174 g/mol. The first-order chi connectivity index (χ1) is 6.33. The molecule has 0 saturated heterocycles. The van der Waals surface area contributed by atoms with Crippen LogP contribution >= 0.6 is 0 Å². The first kappa shape index (κ1) is 8.23. The Kier molecular flexibility index (Phi) is 2.00. The van der Waals surface area contributed by atoms with E-state index in [1.165, 1.54) is 5.56 Å². The van der Waals surface area contributed by atoms with Crippen molar-refractivity contribution in [3.8, 4) is 0 Å². The average Bonchev–Trinajstić information content (AvgIpc) is 2.50. The minimum absolute atomic E-state index is 0.872. The number of nitrogens with zero attached hydrogens (tertiary/aromatic N) is 2. The first-order valence-electron chi connectivity index (χ1n) is 4.39. The molecular weight excluding hydrogens is 162 g/mol. The minimum Gasteiger partial charge on any atom is -0.346 e. The van der Waals surface area contributed by atoms with E-state index in [0.29, 0.717) is 0 Å². The van der Waals surface area contributed by atoms with Gasteiger partial charge in [-0.3, -0.25) is 0 Å². The number of rotatable bonds is 2. The van der Waals surface area contributed by atoms with Crippen molar-refractivity contribution in [3.63, 3.8) is 0 Å². The lowest BCUT2D eigenvalue weighted by atomic mass is 10.1. The van der Waals surface area contributed by atoms with Gasteiger partial charge in [0.25, 0.3) is 0 Å². The van der Waals surface area contributed by atoms with Gasteiger partial charge >= 0.3 is 0 Å². The van der Waals surface area contributed by atoms with Crippen molar-refractivity contribution in [3.05, 3.63) is 30.7 Å². The van der Waals surface area contributed by atoms with E-state index in [1.54, 1.807) is 6.33 Å². The van der Waals surface area contributed by atoms with E-state index in [0.717, 1.165) is 29.6 Å². The summed E-state index contributed by atoms with van der Waals surface area (Å²) in [5, 5.41) is 1.16. The maximum absolute atomic E-state index is 4.26. The first-order valence-corrected chi connectivity index (χ1v) is 4.39. The van der Waals surface area contributed by atoms with Crippen LogP contribution in [0.1, 0.15) is 17.7 Å². The zero-order valence-electron chi connectivity index (χ0n) is 7.67. The van der Waals surface area contributed by atoms with Crippen molar-refractivity contribution in [1.82, 2.24) is 15.0 Å². The van der Waals surface area contributed by atoms with E-state index < -0.39 is 0 Å². The third kappa shape index (κ3) is 1.30. The number of nitrogens with one attached hydrogen (secondary N) is 1. The van der Waals surface area contributed by atoms with E-state index >= 15 is 0 Å². The summed E-state index contributed by atoms with van der Waals surface area (Å²) in [6, 6.07) is 0. The fourth-order valence-electron chi connectivity index (χ4n) is 1.55. The molecule has 0 atom stereocenters. The topological polar surface area (TPSA) is 41.6 Å². The van der Waals surface area contributed by atoms with Crippen LogP contribution in [0.5, 0.6) is 0 Å². The molecule has 1 N–H and O–H groups in total. The van der Waals surface area contributed by atoms with Crippen LogP contribution in [-0.2, 0) is 6.42 Å². The van der Waals surface area contributed by atoms with E-state index in [2.05, 4.69) is 28.8 Å². The highest BCUT2D eigenvalue weighted by Crippen LogP contribution is 2.18. The molecule has 0 aliphatic rings. The van der Waals surface area contributed by atoms with Crippen LogP contribution in [0.25, 0.3) is 11.0 Å². The van der Waals surface area contributed by atoms with Gasteiger partial charge in [0.1, 0.15) is 12.0 Å². The van der Waals surface area contributed by atoms with Gasteiger partial charge < -0.3 is 4.98 Å². The predicted molar refractivity (Wildman–Crippen MR) is 52.3 cm³/mol. The highest BCUT2D eigenvalue weighted by Gasteiger charge is 2.06. The Morgan fingerprint density at radius 3 is 3.08 bits per heavy atom. The fourth-order valence-corrected chi connectivity index (χ4v) is 1.55. The molecule has 2 aromatic heterocycles. The van der Waals surface area contributed by atoms with Gasteiger partial charge in [0.2, 0.25) is 0 Å². The molecule has 0 aliphatic heterocycles. The number of aromatic amines is 1. The lowest BCUT2D eigenvalue weighted by molar-refractivity contribution is 0.943. The third-order valence-corrected chi connectivity index (χ3v) is 2.16. The van der Waals surface area contributed by atoms with Gasteiger partial charge in [0.05, 0.1) is 5.69 Å². The summed E-state index contributed by atoms with van der Waals surface area (Å²) >= 11 is 0. The van der Waals surface area contributed by atoms with Crippen LogP contribution in [0.4, 0.5) is 0 Å². The Hall–Kier alpha value is -1.38. The second-order valence-electron chi connectivity index (χ2n) is 3.12. The molecule has 0 aromatic carbocycles. The van der Waals surface area contributed by atoms with Gasteiger partial charge in [-0.15, -0.1) is 0 Å². The molecule has 13 heavy (non-hydrogen) atoms. The molecule has 0 saturated carbocycles. The second-order valence-corrected chi connectivity index (χ2v) is 3.12. The number of hydrogen-bond donors (Lipinski definition) is 1. The van der Waals surface area contributed by atoms with Crippen molar-refractivity contribution < 1.29 is 0 Å². The SMILES string of the molecule is [CH2]CCc1ncnc2[nH]cc(C)c12. The quantitative estimate of drug-likeness (QED) is 0.756. The zero-order valence-corrected chi connectivity index (χ0v) is 7.67. The van der Waals surface area contributed by atoms with Crippen molar-refractivity contribution in [2.24, 2.45) is 0 Å². The normalized spacial score (nSPS) is 10.9. The summed E-state index contributed by atoms with van der Waals surface area (Å²) in [5.74, 6) is 0. The largest absolute Gasteiger partial charge is 0.346 e. The molecule has 3 heteroatoms. The lowest BCUT2D eigenvalue weighted by Gasteiger charge is -1.99. The molecular formula is C10H12N3. The van der Waals surface area contributed by atoms with Crippen molar-refractivity contribution >= 4 is 11.0 Å². The summed E-state index contributed by atoms with van der Waals surface area (Å²) in [6.07, 6.45) is 5.35. The summed E-state index contributed by atoms with van der Waals surface area (Å²) in [6.45, 7) is 5.90. The summed E-state index contributed by atoms with van der Waals surface area (Å²) in [7, 11) is 0. The van der Waals surface area contributed by atoms with Crippen molar-refractivity contribution in [2.75, 3.05) is 0 Å². The fraction of sp³-hybridized carbons (Fsp3) is 0.300. The lowest BCUT2D eigenvalue weighted by Crippen LogP contribution is -1.92. The van der Waals surface area contributed by atoms with Crippen LogP contribution in [0.2, 0.25) is 0 Å². The molecule has 0 aliphatic carbocycles. The maximum Gasteiger partial charge on any atom is 0.141 e. The number of H-pyrrole nitrogens is 1. The van der Waals surface area contributed by atoms with E-state index in [9.17, 15) is 0 Å². The molecule has 2 rings (SSSR count). The molecule has 0 unspecified atom stereocenters. The molecule has 0 amide bonds. The monoisotopic (exact) mass is 174 g/mol. The molecule has 0 spiro atoms. The number of aromatic nitrogens is 3. The third-order valence-electron chi connectivity index (χ3n) is 2.16. The Balaban J connectivity index is 2.65. The summed E-state index contributed by atoms with van der Waals surface area (Å²) in [5.41, 5.74) is 3.23. The molecule has 67 valence electrons. The predicted octanol–water partition coefficient (Wildman–Crippen LogP) is 2.03. The molecule has 1 radical (unpaired) electrons. The van der Waals surface area contributed by atoms with Gasteiger partial charge in [0.15, 0.2) is 0 Å². The van der Waals surface area contributed by atoms with Crippen molar-refractivity contribution in [1.29, 1.82) is 0 Å². The molecule has 0 fully saturated rings. The van der Waals surface area contributed by atoms with Gasteiger partial charge in [-0.2, -0.15) is 0 Å². The van der Waals surface area contributed by atoms with Gasteiger partial charge in [-0.25, -0.2) is 9.97 Å². The van der Waals surface area contributed by atoms with Crippen LogP contribution in [0, 0.1) is 13.8 Å². The highest BCUT2D eigenvalue weighted by molar-refractivity contribution is 5.81. The number of fused-ring (bicyclic) bond motifs is 1. The van der Waals surface area contributed by atoms with Crippen LogP contribution in [0.15, 0.2) is 12.5 Å². The molecule has 0 bridgehead atoms. The summed E-state index contributed by atoms with van der Waals surface area (Å²) in [4.78, 5) is 11.5. The maximum atomic E-state index is 4.26. The van der Waals surface area contributed by atoms with E-state index in [1.807, 2.05) is 6.20 Å². The Bertz CT molecular complexity index is 417. The van der Waals surface area contributed by atoms with E-state index in [4.69, 9.17) is 0 Å². The minimum atomic E-state index is 0.872. The van der Waals surface area contributed by atoms with Crippen LogP contribution in [0.3, 0.4) is 0 Å². The summed E-state index contributed by atoms with van der Waals surface area (Å²) < 4.78 is 0. The van der Waals surface area contributed by atoms with E-state index in [-0.39, 0.29) is 0 Å². The number of hydrogen-bond acceptors (Lipinski definition) is 2. The highest BCUT2D eigenvalue weighted by atomic mass is 14.9.